The minimum Gasteiger partial charge on any atom is -0.481 e. The zero-order valence-electron chi connectivity index (χ0n) is 14.4. The van der Waals surface area contributed by atoms with Gasteiger partial charge in [-0.1, -0.05) is 18.2 Å². The van der Waals surface area contributed by atoms with Gasteiger partial charge in [0.25, 0.3) is 5.91 Å². The summed E-state index contributed by atoms with van der Waals surface area (Å²) in [4.78, 5) is 27.1. The normalized spacial score (nSPS) is 16.7. The molecule has 0 bridgehead atoms. The summed E-state index contributed by atoms with van der Waals surface area (Å²) in [5, 5.41) is 8.67. The van der Waals surface area contributed by atoms with E-state index in [1.54, 1.807) is 6.92 Å². The number of carboxylic acid groups (broad SMARTS) is 1. The zero-order valence-corrected chi connectivity index (χ0v) is 14.4. The molecule has 1 saturated heterocycles. The number of carbonyl (C=O) groups is 2. The first-order chi connectivity index (χ1) is 11.5. The summed E-state index contributed by atoms with van der Waals surface area (Å²) in [7, 11) is 0. The number of aliphatic carboxylic acids is 1. The van der Waals surface area contributed by atoms with E-state index < -0.39 is 12.1 Å². The number of benzene rings is 1. The van der Waals surface area contributed by atoms with Gasteiger partial charge in [0.2, 0.25) is 0 Å². The minimum atomic E-state index is -0.758. The molecule has 0 aliphatic carbocycles. The number of hydrogen-bond donors (Lipinski definition) is 1. The lowest BCUT2D eigenvalue weighted by Crippen LogP contribution is -2.52. The summed E-state index contributed by atoms with van der Waals surface area (Å²) >= 11 is 0. The monoisotopic (exact) mass is 334 g/mol. The Balaban J connectivity index is 1.77. The van der Waals surface area contributed by atoms with Crippen molar-refractivity contribution in [3.63, 3.8) is 0 Å². The van der Waals surface area contributed by atoms with Gasteiger partial charge >= 0.3 is 5.97 Å². The second kappa shape index (κ2) is 8.68. The maximum Gasteiger partial charge on any atom is 0.303 e. The van der Waals surface area contributed by atoms with E-state index in [2.05, 4.69) is 4.90 Å². The van der Waals surface area contributed by atoms with Gasteiger partial charge in [0, 0.05) is 32.6 Å². The SMILES string of the molecule is Cc1ccccc1O[C@@H](C)C(=O)N1CCN(CCCC(=O)O)CC1. The number of carbonyl (C=O) groups excluding carboxylic acids is 1. The molecule has 6 nitrogen and oxygen atoms in total. The van der Waals surface area contributed by atoms with E-state index >= 15 is 0 Å². The molecule has 0 unspecified atom stereocenters. The standard InChI is InChI=1S/C18H26N2O4/c1-14-6-3-4-7-16(14)24-15(2)18(23)20-12-10-19(11-13-20)9-5-8-17(21)22/h3-4,6-7,15H,5,8-13H2,1-2H3,(H,21,22)/t15-/m0/s1. The van der Waals surface area contributed by atoms with Gasteiger partial charge in [0.15, 0.2) is 6.10 Å². The number of carboxylic acids is 1. The molecule has 1 aliphatic rings. The van der Waals surface area contributed by atoms with Crippen LogP contribution in [0.2, 0.25) is 0 Å². The second-order valence-electron chi connectivity index (χ2n) is 6.19. The van der Waals surface area contributed by atoms with E-state index in [1.807, 2.05) is 36.1 Å². The summed E-state index contributed by atoms with van der Waals surface area (Å²) in [5.41, 5.74) is 1.01. The molecule has 6 heteroatoms. The molecule has 1 aromatic carbocycles. The van der Waals surface area contributed by atoms with Crippen molar-refractivity contribution in [3.8, 4) is 5.75 Å². The molecule has 1 atom stereocenters. The van der Waals surface area contributed by atoms with Crippen molar-refractivity contribution >= 4 is 11.9 Å². The number of hydrogen-bond acceptors (Lipinski definition) is 4. The molecule has 0 aromatic heterocycles. The molecule has 1 aliphatic heterocycles. The van der Waals surface area contributed by atoms with Gasteiger partial charge < -0.3 is 14.7 Å². The Morgan fingerprint density at radius 3 is 2.50 bits per heavy atom. The van der Waals surface area contributed by atoms with Crippen molar-refractivity contribution in [3.05, 3.63) is 29.8 Å². The third-order valence-corrected chi connectivity index (χ3v) is 4.29. The molecule has 1 heterocycles. The lowest BCUT2D eigenvalue weighted by atomic mass is 10.2. The average molecular weight is 334 g/mol. The fraction of sp³-hybridized carbons (Fsp3) is 0.556. The Morgan fingerprint density at radius 2 is 1.88 bits per heavy atom. The highest BCUT2D eigenvalue weighted by Gasteiger charge is 2.26. The van der Waals surface area contributed by atoms with Crippen molar-refractivity contribution in [1.82, 2.24) is 9.80 Å². The number of ether oxygens (including phenoxy) is 1. The van der Waals surface area contributed by atoms with Gasteiger partial charge in [-0.2, -0.15) is 0 Å². The Labute approximate surface area is 143 Å². The fourth-order valence-corrected chi connectivity index (χ4v) is 2.83. The fourth-order valence-electron chi connectivity index (χ4n) is 2.83. The molecular weight excluding hydrogens is 308 g/mol. The van der Waals surface area contributed by atoms with Gasteiger partial charge in [0.1, 0.15) is 5.75 Å². The quantitative estimate of drug-likeness (QED) is 0.823. The number of nitrogens with zero attached hydrogens (tertiary/aromatic N) is 2. The number of amides is 1. The van der Waals surface area contributed by atoms with Gasteiger partial charge in [-0.3, -0.25) is 14.5 Å². The predicted molar refractivity (Wildman–Crippen MR) is 91.2 cm³/mol. The lowest BCUT2D eigenvalue weighted by molar-refractivity contribution is -0.139. The van der Waals surface area contributed by atoms with E-state index in [4.69, 9.17) is 9.84 Å². The summed E-state index contributed by atoms with van der Waals surface area (Å²) in [6.07, 6.45) is 0.334. The number of rotatable bonds is 7. The number of aryl methyl sites for hydroxylation is 1. The topological polar surface area (TPSA) is 70.1 Å². The van der Waals surface area contributed by atoms with Gasteiger partial charge in [-0.05, 0) is 38.4 Å². The molecule has 2 rings (SSSR count). The van der Waals surface area contributed by atoms with Crippen LogP contribution >= 0.6 is 0 Å². The Bertz CT molecular complexity index is 568. The van der Waals surface area contributed by atoms with E-state index in [1.165, 1.54) is 0 Å². The van der Waals surface area contributed by atoms with Crippen LogP contribution in [0.15, 0.2) is 24.3 Å². The largest absolute Gasteiger partial charge is 0.481 e. The molecule has 0 radical (unpaired) electrons. The van der Waals surface area contributed by atoms with Crippen molar-refractivity contribution in [2.45, 2.75) is 32.8 Å². The molecule has 132 valence electrons. The van der Waals surface area contributed by atoms with E-state index in [9.17, 15) is 9.59 Å². The molecule has 1 aromatic rings. The first kappa shape index (κ1) is 18.3. The average Bonchev–Trinajstić information content (AvgIpc) is 2.56. The highest BCUT2D eigenvalue weighted by atomic mass is 16.5. The maximum atomic E-state index is 12.5. The van der Waals surface area contributed by atoms with Crippen molar-refractivity contribution < 1.29 is 19.4 Å². The first-order valence-electron chi connectivity index (χ1n) is 8.42. The third kappa shape index (κ3) is 5.23. The number of para-hydroxylation sites is 1. The van der Waals surface area contributed by atoms with E-state index in [0.29, 0.717) is 19.5 Å². The summed E-state index contributed by atoms with van der Waals surface area (Å²) in [6.45, 7) is 7.39. The summed E-state index contributed by atoms with van der Waals surface area (Å²) in [6, 6.07) is 7.68. The second-order valence-corrected chi connectivity index (χ2v) is 6.19. The molecule has 0 spiro atoms. The highest BCUT2D eigenvalue weighted by molar-refractivity contribution is 5.81. The van der Waals surface area contributed by atoms with Crippen LogP contribution in [0.3, 0.4) is 0 Å². The molecule has 1 fully saturated rings. The van der Waals surface area contributed by atoms with Crippen LogP contribution in [-0.2, 0) is 9.59 Å². The van der Waals surface area contributed by atoms with Crippen LogP contribution in [0.5, 0.6) is 5.75 Å². The van der Waals surface area contributed by atoms with Crippen molar-refractivity contribution in [2.75, 3.05) is 32.7 Å². The third-order valence-electron chi connectivity index (χ3n) is 4.29. The Morgan fingerprint density at radius 1 is 1.21 bits per heavy atom. The number of piperazine rings is 1. The van der Waals surface area contributed by atoms with Crippen LogP contribution in [0, 0.1) is 6.92 Å². The highest BCUT2D eigenvalue weighted by Crippen LogP contribution is 2.18. The van der Waals surface area contributed by atoms with Crippen LogP contribution in [0.1, 0.15) is 25.3 Å². The molecule has 24 heavy (non-hydrogen) atoms. The minimum absolute atomic E-state index is 0.00318. The molecule has 0 saturated carbocycles. The first-order valence-corrected chi connectivity index (χ1v) is 8.42. The van der Waals surface area contributed by atoms with Gasteiger partial charge in [-0.25, -0.2) is 0 Å². The smallest absolute Gasteiger partial charge is 0.303 e. The van der Waals surface area contributed by atoms with Gasteiger partial charge in [0.05, 0.1) is 0 Å². The van der Waals surface area contributed by atoms with Crippen LogP contribution in [-0.4, -0.2) is 65.6 Å². The van der Waals surface area contributed by atoms with Crippen molar-refractivity contribution in [2.24, 2.45) is 0 Å². The van der Waals surface area contributed by atoms with Crippen LogP contribution in [0.4, 0.5) is 0 Å². The molecular formula is C18H26N2O4. The predicted octanol–water partition coefficient (Wildman–Crippen LogP) is 1.77. The zero-order chi connectivity index (χ0) is 17.5. The van der Waals surface area contributed by atoms with Crippen molar-refractivity contribution in [1.29, 1.82) is 0 Å². The Kier molecular flexibility index (Phi) is 6.61. The van der Waals surface area contributed by atoms with Crippen LogP contribution in [0.25, 0.3) is 0 Å². The Hall–Kier alpha value is -2.08. The summed E-state index contributed by atoms with van der Waals surface area (Å²) in [5.74, 6) is -0.0138. The molecule has 1 amide bonds. The van der Waals surface area contributed by atoms with E-state index in [-0.39, 0.29) is 12.3 Å². The van der Waals surface area contributed by atoms with E-state index in [0.717, 1.165) is 30.9 Å². The van der Waals surface area contributed by atoms with Crippen LogP contribution < -0.4 is 4.74 Å². The molecule has 1 N–H and O–H groups in total. The summed E-state index contributed by atoms with van der Waals surface area (Å²) < 4.78 is 5.81. The van der Waals surface area contributed by atoms with Gasteiger partial charge in [-0.15, -0.1) is 0 Å². The maximum absolute atomic E-state index is 12.5. The lowest BCUT2D eigenvalue weighted by Gasteiger charge is -2.35.